The largest absolute Gasteiger partial charge is 0.376 e. The molecule has 1 aliphatic heterocycles. The van der Waals surface area contributed by atoms with E-state index in [0.717, 1.165) is 50.9 Å². The Kier molecular flexibility index (Phi) is 9.30. The fourth-order valence-corrected chi connectivity index (χ4v) is 3.83. The molecule has 3 N–H and O–H groups in total. The lowest BCUT2D eigenvalue weighted by Gasteiger charge is -2.26. The number of likely N-dealkylation sites (tertiary alicyclic amines) is 1. The van der Waals surface area contributed by atoms with Gasteiger partial charge in [-0.15, -0.1) is 0 Å². The number of carbonyl (C=O) groups excluding carboxylic acids is 3. The molecule has 7 nitrogen and oxygen atoms in total. The molecule has 1 heterocycles. The fraction of sp³-hybridized carbons (Fsp3) is 0.423. The summed E-state index contributed by atoms with van der Waals surface area (Å²) in [5, 5.41) is 8.79. The Morgan fingerprint density at radius 3 is 2.15 bits per heavy atom. The molecule has 0 aliphatic carbocycles. The number of hydrogen-bond donors (Lipinski definition) is 3. The monoisotopic (exact) mass is 450 g/mol. The number of nitrogens with zero attached hydrogens (tertiary/aromatic N) is 1. The molecule has 0 aromatic heterocycles. The quantitative estimate of drug-likeness (QED) is 0.450. The summed E-state index contributed by atoms with van der Waals surface area (Å²) >= 11 is 0. The summed E-state index contributed by atoms with van der Waals surface area (Å²) in [5.41, 5.74) is 2.72. The molecule has 0 unspecified atom stereocenters. The van der Waals surface area contributed by atoms with Gasteiger partial charge in [0, 0.05) is 42.1 Å². The number of hydrogen-bond acceptors (Lipinski definition) is 4. The van der Waals surface area contributed by atoms with Crippen molar-refractivity contribution in [3.8, 4) is 0 Å². The number of anilines is 3. The van der Waals surface area contributed by atoms with Crippen molar-refractivity contribution in [3.63, 3.8) is 0 Å². The van der Waals surface area contributed by atoms with Gasteiger partial charge in [-0.3, -0.25) is 14.4 Å². The Labute approximate surface area is 195 Å². The van der Waals surface area contributed by atoms with Gasteiger partial charge in [0.25, 0.3) is 5.91 Å². The van der Waals surface area contributed by atoms with Gasteiger partial charge in [-0.25, -0.2) is 0 Å². The summed E-state index contributed by atoms with van der Waals surface area (Å²) in [6, 6.07) is 14.4. The number of rotatable bonds is 10. The molecule has 0 atom stereocenters. The zero-order valence-corrected chi connectivity index (χ0v) is 19.4. The second kappa shape index (κ2) is 12.6. The molecule has 2 aromatic rings. The molecule has 3 rings (SSSR count). The first-order valence-corrected chi connectivity index (χ1v) is 11.9. The molecule has 33 heavy (non-hydrogen) atoms. The first-order valence-electron chi connectivity index (χ1n) is 11.9. The normalized spacial score (nSPS) is 13.3. The van der Waals surface area contributed by atoms with Crippen LogP contribution < -0.4 is 16.0 Å². The molecule has 1 saturated heterocycles. The van der Waals surface area contributed by atoms with Gasteiger partial charge in [-0.1, -0.05) is 25.8 Å². The van der Waals surface area contributed by atoms with Crippen LogP contribution in [0.25, 0.3) is 0 Å². The molecule has 0 saturated carbocycles. The van der Waals surface area contributed by atoms with E-state index in [0.29, 0.717) is 23.4 Å². The Balaban J connectivity index is 1.45. The van der Waals surface area contributed by atoms with Gasteiger partial charge in [0.05, 0.1) is 6.54 Å². The minimum absolute atomic E-state index is 0.0178. The molecule has 7 heteroatoms. The lowest BCUT2D eigenvalue weighted by Crippen LogP contribution is -2.35. The maximum absolute atomic E-state index is 12.6. The molecule has 3 amide bonds. The van der Waals surface area contributed by atoms with Crippen LogP contribution in [0, 0.1) is 0 Å². The predicted molar refractivity (Wildman–Crippen MR) is 133 cm³/mol. The van der Waals surface area contributed by atoms with Gasteiger partial charge in [0.2, 0.25) is 11.8 Å². The first kappa shape index (κ1) is 24.3. The van der Waals surface area contributed by atoms with E-state index in [1.54, 1.807) is 36.4 Å². The Morgan fingerprint density at radius 2 is 1.48 bits per heavy atom. The van der Waals surface area contributed by atoms with Crippen LogP contribution in [0.5, 0.6) is 0 Å². The lowest BCUT2D eigenvalue weighted by molar-refractivity contribution is -0.116. The summed E-state index contributed by atoms with van der Waals surface area (Å²) in [7, 11) is 0. The van der Waals surface area contributed by atoms with E-state index < -0.39 is 0 Å². The average molecular weight is 451 g/mol. The predicted octanol–water partition coefficient (Wildman–Crippen LogP) is 4.88. The van der Waals surface area contributed by atoms with E-state index in [2.05, 4.69) is 22.9 Å². The van der Waals surface area contributed by atoms with Crippen molar-refractivity contribution in [2.24, 2.45) is 0 Å². The first-order chi connectivity index (χ1) is 16.0. The van der Waals surface area contributed by atoms with Crippen molar-refractivity contribution in [2.45, 2.75) is 51.9 Å². The highest BCUT2D eigenvalue weighted by Crippen LogP contribution is 2.17. The molecule has 2 aromatic carbocycles. The Morgan fingerprint density at radius 1 is 0.818 bits per heavy atom. The van der Waals surface area contributed by atoms with Crippen LogP contribution in [0.4, 0.5) is 17.1 Å². The van der Waals surface area contributed by atoms with Crippen molar-refractivity contribution in [3.05, 3.63) is 54.1 Å². The van der Waals surface area contributed by atoms with Crippen molar-refractivity contribution in [1.82, 2.24) is 4.90 Å². The number of nitrogens with one attached hydrogen (secondary N) is 3. The van der Waals surface area contributed by atoms with Crippen LogP contribution in [0.1, 0.15) is 62.2 Å². The smallest absolute Gasteiger partial charge is 0.253 e. The van der Waals surface area contributed by atoms with Gasteiger partial charge in [0.1, 0.15) is 0 Å². The maximum Gasteiger partial charge on any atom is 0.253 e. The van der Waals surface area contributed by atoms with Crippen LogP contribution in [-0.4, -0.2) is 42.3 Å². The molecule has 0 radical (unpaired) electrons. The molecule has 1 fully saturated rings. The van der Waals surface area contributed by atoms with Gasteiger partial charge in [-0.2, -0.15) is 0 Å². The standard InChI is InChI=1S/C26H34N4O3/c1-2-3-5-11-24(31)28-22-9-8-10-23(18-22)29-25(32)19-27-21-14-12-20(13-15-21)26(33)30-16-6-4-7-17-30/h8-10,12-15,18,27H,2-7,11,16-17,19H2,1H3,(H,28,31)(H,29,32). The molecule has 1 aliphatic rings. The van der Waals surface area contributed by atoms with Crippen LogP contribution in [0.3, 0.4) is 0 Å². The minimum Gasteiger partial charge on any atom is -0.376 e. The van der Waals surface area contributed by atoms with Crippen molar-refractivity contribution >= 4 is 34.8 Å². The van der Waals surface area contributed by atoms with Crippen molar-refractivity contribution < 1.29 is 14.4 Å². The summed E-state index contributed by atoms with van der Waals surface area (Å²) in [6.45, 7) is 3.84. The third-order valence-electron chi connectivity index (χ3n) is 5.67. The summed E-state index contributed by atoms with van der Waals surface area (Å²) < 4.78 is 0. The summed E-state index contributed by atoms with van der Waals surface area (Å²) in [5.74, 6) is -0.151. The van der Waals surface area contributed by atoms with E-state index >= 15 is 0 Å². The number of unbranched alkanes of at least 4 members (excludes halogenated alkanes) is 2. The van der Waals surface area contributed by atoms with E-state index in [-0.39, 0.29) is 24.3 Å². The van der Waals surface area contributed by atoms with Gasteiger partial charge in [0.15, 0.2) is 0 Å². The van der Waals surface area contributed by atoms with Gasteiger partial charge >= 0.3 is 0 Å². The second-order valence-electron chi connectivity index (χ2n) is 8.42. The third kappa shape index (κ3) is 7.93. The highest BCUT2D eigenvalue weighted by molar-refractivity contribution is 5.96. The number of carbonyl (C=O) groups is 3. The van der Waals surface area contributed by atoms with Crippen LogP contribution in [-0.2, 0) is 9.59 Å². The van der Waals surface area contributed by atoms with E-state index in [4.69, 9.17) is 0 Å². The SMILES string of the molecule is CCCCCC(=O)Nc1cccc(NC(=O)CNc2ccc(C(=O)N3CCCCC3)cc2)c1. The minimum atomic E-state index is -0.199. The van der Waals surface area contributed by atoms with E-state index in [1.807, 2.05) is 17.0 Å². The average Bonchev–Trinajstić information content (AvgIpc) is 2.83. The van der Waals surface area contributed by atoms with E-state index in [1.165, 1.54) is 6.42 Å². The second-order valence-corrected chi connectivity index (χ2v) is 8.42. The van der Waals surface area contributed by atoms with Crippen LogP contribution >= 0.6 is 0 Å². The topological polar surface area (TPSA) is 90.5 Å². The molecule has 0 spiro atoms. The van der Waals surface area contributed by atoms with Gasteiger partial charge in [-0.05, 0) is 68.1 Å². The molecular weight excluding hydrogens is 416 g/mol. The highest BCUT2D eigenvalue weighted by atomic mass is 16.2. The zero-order valence-electron chi connectivity index (χ0n) is 19.4. The third-order valence-corrected chi connectivity index (χ3v) is 5.67. The fourth-order valence-electron chi connectivity index (χ4n) is 3.83. The van der Waals surface area contributed by atoms with Gasteiger partial charge < -0.3 is 20.9 Å². The molecular formula is C26H34N4O3. The zero-order chi connectivity index (χ0) is 23.5. The number of amides is 3. The Hall–Kier alpha value is -3.35. The summed E-state index contributed by atoms with van der Waals surface area (Å²) in [4.78, 5) is 38.8. The maximum atomic E-state index is 12.6. The van der Waals surface area contributed by atoms with Crippen LogP contribution in [0.2, 0.25) is 0 Å². The van der Waals surface area contributed by atoms with Crippen LogP contribution in [0.15, 0.2) is 48.5 Å². The van der Waals surface area contributed by atoms with E-state index in [9.17, 15) is 14.4 Å². The molecule has 0 bridgehead atoms. The lowest BCUT2D eigenvalue weighted by atomic mass is 10.1. The van der Waals surface area contributed by atoms with Crippen molar-refractivity contribution in [2.75, 3.05) is 35.6 Å². The number of benzene rings is 2. The highest BCUT2D eigenvalue weighted by Gasteiger charge is 2.17. The number of piperidine rings is 1. The Bertz CT molecular complexity index is 937. The summed E-state index contributed by atoms with van der Waals surface area (Å²) in [6.07, 6.45) is 6.79. The molecule has 176 valence electrons. The van der Waals surface area contributed by atoms with Crippen molar-refractivity contribution in [1.29, 1.82) is 0 Å².